The van der Waals surface area contributed by atoms with Gasteiger partial charge in [0.1, 0.15) is 23.1 Å². The van der Waals surface area contributed by atoms with Gasteiger partial charge in [0.15, 0.2) is 5.92 Å². The van der Waals surface area contributed by atoms with Crippen LogP contribution in [0.15, 0.2) is 23.2 Å². The third kappa shape index (κ3) is 4.24. The number of benzene rings is 1. The third-order valence-electron chi connectivity index (χ3n) is 2.25. The molecule has 0 amide bonds. The summed E-state index contributed by atoms with van der Waals surface area (Å²) >= 11 is 0. The normalized spacial score (nSPS) is 12.4. The van der Waals surface area contributed by atoms with Crippen LogP contribution < -0.4 is 0 Å². The first-order chi connectivity index (χ1) is 8.95. The lowest BCUT2D eigenvalue weighted by Crippen LogP contribution is -2.25. The number of aliphatic imine (C=N–C) groups is 1. The number of Topliss-reactive ketones (excluding diaryl/α,β-unsaturated/α-hetero) is 1. The number of hydrogen-bond acceptors (Lipinski definition) is 4. The van der Waals surface area contributed by atoms with Gasteiger partial charge in [-0.05, 0) is 26.0 Å². The Bertz CT molecular complexity index is 515. The van der Waals surface area contributed by atoms with E-state index in [1.807, 2.05) is 0 Å². The summed E-state index contributed by atoms with van der Waals surface area (Å²) in [5.41, 5.74) is -0.282. The van der Waals surface area contributed by atoms with Gasteiger partial charge < -0.3 is 4.74 Å². The first-order valence-corrected chi connectivity index (χ1v) is 5.62. The summed E-state index contributed by atoms with van der Waals surface area (Å²) in [7, 11) is 0. The maximum Gasteiger partial charge on any atom is 0.321 e. The predicted molar refractivity (Wildman–Crippen MR) is 65.3 cm³/mol. The highest BCUT2D eigenvalue weighted by atomic mass is 19.1. The summed E-state index contributed by atoms with van der Waals surface area (Å²) in [4.78, 5) is 26.4. The Morgan fingerprint density at radius 1 is 1.42 bits per heavy atom. The van der Waals surface area contributed by atoms with Crippen molar-refractivity contribution in [2.75, 3.05) is 6.61 Å². The van der Waals surface area contributed by atoms with Crippen molar-refractivity contribution < 1.29 is 23.1 Å². The molecular formula is C13H13F2NO3. The van der Waals surface area contributed by atoms with Crippen molar-refractivity contribution in [1.82, 2.24) is 0 Å². The smallest absolute Gasteiger partial charge is 0.321 e. The molecular weight excluding hydrogens is 256 g/mol. The number of carbonyl (C=O) groups is 2. The molecule has 0 saturated heterocycles. The van der Waals surface area contributed by atoms with E-state index in [1.165, 1.54) is 6.92 Å². The van der Waals surface area contributed by atoms with E-state index in [-0.39, 0.29) is 12.3 Å². The van der Waals surface area contributed by atoms with Crippen LogP contribution in [0.4, 0.5) is 14.5 Å². The highest BCUT2D eigenvalue weighted by Gasteiger charge is 2.22. The molecule has 1 rings (SSSR count). The van der Waals surface area contributed by atoms with Crippen LogP contribution in [0.1, 0.15) is 13.8 Å². The second-order valence-corrected chi connectivity index (χ2v) is 3.71. The van der Waals surface area contributed by atoms with E-state index in [0.717, 1.165) is 24.4 Å². The molecule has 6 heteroatoms. The number of esters is 1. The highest BCUT2D eigenvalue weighted by Crippen LogP contribution is 2.18. The van der Waals surface area contributed by atoms with E-state index >= 15 is 0 Å². The minimum atomic E-state index is -1.22. The average molecular weight is 269 g/mol. The molecule has 1 unspecified atom stereocenters. The van der Waals surface area contributed by atoms with E-state index in [4.69, 9.17) is 0 Å². The van der Waals surface area contributed by atoms with Crippen LogP contribution in [-0.4, -0.2) is 24.6 Å². The minimum absolute atomic E-state index is 0.116. The summed E-state index contributed by atoms with van der Waals surface area (Å²) in [5.74, 6) is -3.88. The molecule has 0 saturated carbocycles. The molecule has 0 bridgehead atoms. The molecule has 0 heterocycles. The molecule has 0 spiro atoms. The first-order valence-electron chi connectivity index (χ1n) is 5.62. The fourth-order valence-corrected chi connectivity index (χ4v) is 1.30. The fraction of sp³-hybridized carbons (Fsp3) is 0.308. The summed E-state index contributed by atoms with van der Waals surface area (Å²) in [5, 5.41) is 0. The summed E-state index contributed by atoms with van der Waals surface area (Å²) in [6.07, 6.45) is 0.957. The van der Waals surface area contributed by atoms with E-state index in [0.29, 0.717) is 0 Å². The van der Waals surface area contributed by atoms with Gasteiger partial charge >= 0.3 is 5.97 Å². The van der Waals surface area contributed by atoms with Crippen LogP contribution in [0.25, 0.3) is 0 Å². The Hall–Kier alpha value is -2.11. The lowest BCUT2D eigenvalue weighted by atomic mass is 10.1. The Balaban J connectivity index is 2.95. The van der Waals surface area contributed by atoms with Crippen LogP contribution in [0.5, 0.6) is 0 Å². The fourth-order valence-electron chi connectivity index (χ4n) is 1.30. The molecule has 0 aromatic heterocycles. The molecule has 0 N–H and O–H groups in total. The predicted octanol–water partition coefficient (Wildman–Crippen LogP) is 2.44. The van der Waals surface area contributed by atoms with Crippen molar-refractivity contribution in [3.8, 4) is 0 Å². The number of ketones is 1. The lowest BCUT2D eigenvalue weighted by Gasteiger charge is -2.07. The molecule has 0 fully saturated rings. The third-order valence-corrected chi connectivity index (χ3v) is 2.25. The maximum atomic E-state index is 13.3. The van der Waals surface area contributed by atoms with E-state index in [9.17, 15) is 18.4 Å². The van der Waals surface area contributed by atoms with E-state index in [2.05, 4.69) is 9.73 Å². The Kier molecular flexibility index (Phi) is 5.29. The lowest BCUT2D eigenvalue weighted by molar-refractivity contribution is -0.148. The zero-order valence-electron chi connectivity index (χ0n) is 10.5. The van der Waals surface area contributed by atoms with Crippen molar-refractivity contribution in [3.05, 3.63) is 29.8 Å². The van der Waals surface area contributed by atoms with Crippen molar-refractivity contribution in [2.45, 2.75) is 13.8 Å². The van der Waals surface area contributed by atoms with Crippen LogP contribution >= 0.6 is 0 Å². The molecule has 19 heavy (non-hydrogen) atoms. The van der Waals surface area contributed by atoms with Crippen LogP contribution in [-0.2, 0) is 14.3 Å². The molecule has 1 aromatic rings. The summed E-state index contributed by atoms with van der Waals surface area (Å²) in [6, 6.07) is 2.73. The van der Waals surface area contributed by atoms with Gasteiger partial charge in [-0.15, -0.1) is 0 Å². The molecule has 4 nitrogen and oxygen atoms in total. The molecule has 0 radical (unpaired) electrons. The standard InChI is InChI=1S/C13H13F2NO3/c1-3-19-13(18)10(8(2)17)7-16-12-6-9(14)4-5-11(12)15/h4-7,10H,3H2,1-2H3. The van der Waals surface area contributed by atoms with Crippen molar-refractivity contribution in [1.29, 1.82) is 0 Å². The topological polar surface area (TPSA) is 55.7 Å². The van der Waals surface area contributed by atoms with Gasteiger partial charge in [-0.3, -0.25) is 14.6 Å². The first kappa shape index (κ1) is 14.9. The highest BCUT2D eigenvalue weighted by molar-refractivity contribution is 6.11. The second-order valence-electron chi connectivity index (χ2n) is 3.71. The number of ether oxygens (including phenoxy) is 1. The van der Waals surface area contributed by atoms with Crippen LogP contribution in [0, 0.1) is 17.6 Å². The van der Waals surface area contributed by atoms with Gasteiger partial charge in [0.25, 0.3) is 0 Å². The zero-order valence-corrected chi connectivity index (χ0v) is 10.5. The van der Waals surface area contributed by atoms with Crippen LogP contribution in [0.2, 0.25) is 0 Å². The van der Waals surface area contributed by atoms with Gasteiger partial charge in [0.2, 0.25) is 0 Å². The summed E-state index contributed by atoms with van der Waals surface area (Å²) < 4.78 is 30.9. The number of hydrogen-bond donors (Lipinski definition) is 0. The van der Waals surface area contributed by atoms with Gasteiger partial charge in [-0.1, -0.05) is 0 Å². The molecule has 0 aliphatic rings. The van der Waals surface area contributed by atoms with Crippen molar-refractivity contribution >= 4 is 23.7 Å². The monoisotopic (exact) mass is 269 g/mol. The number of halogens is 2. The molecule has 102 valence electrons. The number of rotatable bonds is 5. The van der Waals surface area contributed by atoms with Crippen molar-refractivity contribution in [2.24, 2.45) is 10.9 Å². The maximum absolute atomic E-state index is 13.3. The summed E-state index contributed by atoms with van der Waals surface area (Å²) in [6.45, 7) is 2.90. The number of nitrogens with zero attached hydrogens (tertiary/aromatic N) is 1. The second kappa shape index (κ2) is 6.72. The average Bonchev–Trinajstić information content (AvgIpc) is 2.33. The van der Waals surface area contributed by atoms with E-state index in [1.54, 1.807) is 6.92 Å². The molecule has 1 atom stereocenters. The molecule has 0 aliphatic heterocycles. The molecule has 1 aromatic carbocycles. The molecule has 0 aliphatic carbocycles. The van der Waals surface area contributed by atoms with E-state index < -0.39 is 29.3 Å². The van der Waals surface area contributed by atoms with Crippen LogP contribution in [0.3, 0.4) is 0 Å². The largest absolute Gasteiger partial charge is 0.465 e. The van der Waals surface area contributed by atoms with Gasteiger partial charge in [-0.2, -0.15) is 0 Å². The Morgan fingerprint density at radius 3 is 2.68 bits per heavy atom. The van der Waals surface area contributed by atoms with Crippen molar-refractivity contribution in [3.63, 3.8) is 0 Å². The zero-order chi connectivity index (χ0) is 14.4. The minimum Gasteiger partial charge on any atom is -0.465 e. The Morgan fingerprint density at radius 2 is 2.11 bits per heavy atom. The number of carbonyl (C=O) groups excluding carboxylic acids is 2. The van der Waals surface area contributed by atoms with Gasteiger partial charge in [0.05, 0.1) is 6.61 Å². The SMILES string of the molecule is CCOC(=O)C(C=Nc1cc(F)ccc1F)C(C)=O. The van der Waals surface area contributed by atoms with Gasteiger partial charge in [0, 0.05) is 12.3 Å². The Labute approximate surface area is 109 Å². The quantitative estimate of drug-likeness (QED) is 0.468. The van der Waals surface area contributed by atoms with Gasteiger partial charge in [-0.25, -0.2) is 8.78 Å².